The number of piperidine rings is 1. The molecule has 3 aliphatic heterocycles. The maximum Gasteiger partial charge on any atom is 0.308 e. The van der Waals surface area contributed by atoms with Gasteiger partial charge < -0.3 is 4.90 Å². The predicted molar refractivity (Wildman–Crippen MR) is 147 cm³/mol. The van der Waals surface area contributed by atoms with Gasteiger partial charge in [-0.3, -0.25) is 23.7 Å². The molecule has 0 spiro atoms. The third-order valence-electron chi connectivity index (χ3n) is 7.27. The van der Waals surface area contributed by atoms with Gasteiger partial charge in [0, 0.05) is 28.4 Å². The van der Waals surface area contributed by atoms with E-state index in [0.717, 1.165) is 45.5 Å². The molecule has 0 saturated carbocycles. The van der Waals surface area contributed by atoms with E-state index in [2.05, 4.69) is 15.9 Å². The van der Waals surface area contributed by atoms with Crippen LogP contribution in [0.4, 0.5) is 5.69 Å². The molecule has 3 aromatic rings. The summed E-state index contributed by atoms with van der Waals surface area (Å²) in [4.78, 5) is 57.5. The first-order valence-corrected chi connectivity index (χ1v) is 14.8. The first kappa shape index (κ1) is 24.6. The van der Waals surface area contributed by atoms with Gasteiger partial charge in [0.05, 0.1) is 16.6 Å². The Balaban J connectivity index is 1.44. The summed E-state index contributed by atoms with van der Waals surface area (Å²) in [6.07, 6.45) is 3.05. The summed E-state index contributed by atoms with van der Waals surface area (Å²) >= 11 is 5.87. The predicted octanol–water partition coefficient (Wildman–Crippen LogP) is 4.48. The molecule has 2 fully saturated rings. The molecule has 0 bridgehead atoms. The van der Waals surface area contributed by atoms with E-state index in [1.165, 1.54) is 21.2 Å². The molecule has 3 atom stereocenters. The number of carbonyl (C=O) groups excluding carboxylic acids is 3. The first-order chi connectivity index (χ1) is 17.9. The summed E-state index contributed by atoms with van der Waals surface area (Å²) in [5.74, 6) is -1.74. The number of fused-ring (bicyclic) bond motifs is 2. The number of nitrogens with zero attached hydrogens (tertiary/aromatic N) is 3. The molecule has 1 aromatic heterocycles. The minimum atomic E-state index is -0.686. The van der Waals surface area contributed by atoms with Gasteiger partial charge in [-0.2, -0.15) is 0 Å². The van der Waals surface area contributed by atoms with Crippen LogP contribution in [0.3, 0.4) is 0 Å². The van der Waals surface area contributed by atoms with Crippen LogP contribution in [0.25, 0.3) is 0 Å². The zero-order valence-corrected chi connectivity index (χ0v) is 23.1. The molecule has 2 saturated heterocycles. The van der Waals surface area contributed by atoms with Gasteiger partial charge in [-0.1, -0.05) is 69.4 Å². The van der Waals surface area contributed by atoms with Crippen molar-refractivity contribution in [3.05, 3.63) is 79.2 Å². The summed E-state index contributed by atoms with van der Waals surface area (Å²) in [5, 5.41) is -0.0582. The van der Waals surface area contributed by atoms with Crippen molar-refractivity contribution in [2.24, 2.45) is 5.92 Å². The van der Waals surface area contributed by atoms with Gasteiger partial charge in [0.2, 0.25) is 17.7 Å². The monoisotopic (exact) mass is 597 g/mol. The Morgan fingerprint density at radius 3 is 2.43 bits per heavy atom. The first-order valence-electron chi connectivity index (χ1n) is 12.3. The van der Waals surface area contributed by atoms with E-state index in [1.54, 1.807) is 24.3 Å². The van der Waals surface area contributed by atoms with Crippen LogP contribution >= 0.6 is 39.0 Å². The molecule has 3 amide bonds. The van der Waals surface area contributed by atoms with Crippen molar-refractivity contribution in [3.8, 4) is 0 Å². The van der Waals surface area contributed by atoms with Crippen molar-refractivity contribution in [2.75, 3.05) is 18.0 Å². The van der Waals surface area contributed by atoms with E-state index >= 15 is 0 Å². The molecule has 0 radical (unpaired) electrons. The normalized spacial score (nSPS) is 23.2. The lowest BCUT2D eigenvalue weighted by atomic mass is 9.83. The quantitative estimate of drug-likeness (QED) is 0.414. The summed E-state index contributed by atoms with van der Waals surface area (Å²) in [6, 6.07) is 16.6. The fourth-order valence-corrected chi connectivity index (χ4v) is 8.71. The third kappa shape index (κ3) is 4.28. The van der Waals surface area contributed by atoms with Crippen molar-refractivity contribution in [1.29, 1.82) is 0 Å². The molecule has 0 aliphatic carbocycles. The Hall–Kier alpha value is -2.69. The molecular weight excluding hydrogens is 574 g/mol. The fourth-order valence-electron chi connectivity index (χ4n) is 5.52. The van der Waals surface area contributed by atoms with Crippen molar-refractivity contribution < 1.29 is 14.4 Å². The topological polar surface area (TPSA) is 79.7 Å². The number of likely N-dealkylation sites (tertiary alicyclic amines) is 1. The van der Waals surface area contributed by atoms with Crippen molar-refractivity contribution in [2.45, 2.75) is 42.0 Å². The van der Waals surface area contributed by atoms with Gasteiger partial charge >= 0.3 is 4.87 Å². The van der Waals surface area contributed by atoms with Crippen LogP contribution in [-0.2, 0) is 20.9 Å². The Bertz CT molecular complexity index is 1450. The number of imide groups is 1. The molecule has 37 heavy (non-hydrogen) atoms. The second-order valence-corrected chi connectivity index (χ2v) is 12.5. The summed E-state index contributed by atoms with van der Waals surface area (Å²) < 4.78 is 2.37. The lowest BCUT2D eigenvalue weighted by molar-refractivity contribution is -0.133. The number of hydrogen-bond acceptors (Lipinski definition) is 6. The minimum absolute atomic E-state index is 0.0508. The maximum absolute atomic E-state index is 13.8. The second-order valence-electron chi connectivity index (χ2n) is 9.51. The molecule has 10 heteroatoms. The van der Waals surface area contributed by atoms with Gasteiger partial charge in [0.15, 0.2) is 0 Å². The molecular formula is C27H24BrN3O4S2. The molecule has 0 unspecified atom stereocenters. The van der Waals surface area contributed by atoms with Crippen LogP contribution < -0.4 is 9.77 Å². The number of aromatic nitrogens is 1. The third-order valence-corrected chi connectivity index (χ3v) is 10.4. The maximum atomic E-state index is 13.8. The lowest BCUT2D eigenvalue weighted by Gasteiger charge is -2.31. The summed E-state index contributed by atoms with van der Waals surface area (Å²) in [7, 11) is 0. The average molecular weight is 599 g/mol. The standard InChI is InChI=1S/C27H24BrN3O4S2/c28-17-9-7-8-16(14-17)20-21-22(25(34)31(24(21)33)18-10-3-1-4-11-18)36-26-23(20)37-27(35)30(26)15-19(32)29-12-5-2-6-13-29/h1,3-4,7-11,14,20-22H,2,5-6,12-13,15H2/t20-,21-,22+/m0/s1. The number of hydrogen-bond donors (Lipinski definition) is 0. The van der Waals surface area contributed by atoms with E-state index in [0.29, 0.717) is 23.8 Å². The Kier molecular flexibility index (Phi) is 6.58. The fraction of sp³-hybridized carbons (Fsp3) is 0.333. The Morgan fingerprint density at radius 2 is 1.70 bits per heavy atom. The van der Waals surface area contributed by atoms with Gasteiger partial charge in [-0.25, -0.2) is 4.90 Å². The number of benzene rings is 2. The van der Waals surface area contributed by atoms with Crippen molar-refractivity contribution in [1.82, 2.24) is 9.47 Å². The molecule has 3 aliphatic rings. The van der Waals surface area contributed by atoms with Crippen molar-refractivity contribution in [3.63, 3.8) is 0 Å². The minimum Gasteiger partial charge on any atom is -0.341 e. The second kappa shape index (κ2) is 9.89. The van der Waals surface area contributed by atoms with Crippen LogP contribution in [0.2, 0.25) is 0 Å². The number of para-hydroxylation sites is 1. The molecule has 7 nitrogen and oxygen atoms in total. The van der Waals surface area contributed by atoms with Crippen LogP contribution in [0.15, 0.2) is 68.9 Å². The van der Waals surface area contributed by atoms with Crippen molar-refractivity contribution >= 4 is 62.4 Å². The van der Waals surface area contributed by atoms with Gasteiger partial charge in [0.1, 0.15) is 11.8 Å². The Labute approximate surface area is 230 Å². The van der Waals surface area contributed by atoms with Crippen LogP contribution in [0.1, 0.15) is 35.6 Å². The highest BCUT2D eigenvalue weighted by atomic mass is 79.9. The number of anilines is 1. The number of halogens is 1. The zero-order valence-electron chi connectivity index (χ0n) is 19.8. The number of carbonyl (C=O) groups is 3. The van der Waals surface area contributed by atoms with Crippen LogP contribution in [0.5, 0.6) is 0 Å². The highest BCUT2D eigenvalue weighted by Crippen LogP contribution is 2.54. The van der Waals surface area contributed by atoms with Crippen LogP contribution in [-0.4, -0.2) is 45.5 Å². The lowest BCUT2D eigenvalue weighted by Crippen LogP contribution is -2.39. The zero-order chi connectivity index (χ0) is 25.7. The van der Waals surface area contributed by atoms with Gasteiger partial charge in [0.25, 0.3) is 0 Å². The van der Waals surface area contributed by atoms with Gasteiger partial charge in [-0.15, -0.1) is 0 Å². The summed E-state index contributed by atoms with van der Waals surface area (Å²) in [6.45, 7) is 1.36. The molecule has 0 N–H and O–H groups in total. The number of thiazole rings is 1. The van der Waals surface area contributed by atoms with E-state index in [4.69, 9.17) is 0 Å². The smallest absolute Gasteiger partial charge is 0.308 e. The van der Waals surface area contributed by atoms with E-state index < -0.39 is 17.1 Å². The Morgan fingerprint density at radius 1 is 0.946 bits per heavy atom. The average Bonchev–Trinajstić information content (AvgIpc) is 3.35. The molecule has 6 rings (SSSR count). The van der Waals surface area contributed by atoms with E-state index in [-0.39, 0.29) is 29.1 Å². The number of rotatable bonds is 4. The molecule has 2 aromatic carbocycles. The van der Waals surface area contributed by atoms with E-state index in [9.17, 15) is 19.2 Å². The SMILES string of the molecule is O=C(Cn1c2c(sc1=O)[C@@H](c1cccc(Br)c1)[C@@H]1C(=O)N(c3ccccc3)C(=O)[C@@H]1S2)N1CCCCC1. The highest BCUT2D eigenvalue weighted by Gasteiger charge is 2.56. The number of amides is 3. The molecule has 190 valence electrons. The largest absolute Gasteiger partial charge is 0.341 e. The highest BCUT2D eigenvalue weighted by molar-refractivity contribution is 9.10. The van der Waals surface area contributed by atoms with Crippen LogP contribution in [0, 0.1) is 5.92 Å². The number of thioether (sulfide) groups is 1. The van der Waals surface area contributed by atoms with Gasteiger partial charge in [-0.05, 0) is 49.1 Å². The van der Waals surface area contributed by atoms with E-state index in [1.807, 2.05) is 35.2 Å². The molecule has 4 heterocycles. The summed E-state index contributed by atoms with van der Waals surface area (Å²) in [5.41, 5.74) is 1.40.